The van der Waals surface area contributed by atoms with Gasteiger partial charge in [0, 0.05) is 10.6 Å². The third-order valence-electron chi connectivity index (χ3n) is 4.37. The Bertz CT molecular complexity index is 861. The fourth-order valence-electron chi connectivity index (χ4n) is 3.07. The molecule has 0 unspecified atom stereocenters. The van der Waals surface area contributed by atoms with Gasteiger partial charge >= 0.3 is 0 Å². The molecular formula is C17H17N5OS. The largest absolute Gasteiger partial charge is 0.321 e. The van der Waals surface area contributed by atoms with Crippen molar-refractivity contribution in [1.29, 1.82) is 0 Å². The number of fused-ring (bicyclic) bond motifs is 1. The smallest absolute Gasteiger partial charge is 0.265 e. The first-order chi connectivity index (χ1) is 11.7. The lowest BCUT2D eigenvalue weighted by Crippen LogP contribution is -2.12. The Balaban J connectivity index is 1.60. The van der Waals surface area contributed by atoms with Crippen molar-refractivity contribution >= 4 is 22.9 Å². The number of carbonyl (C=O) groups is 1. The molecule has 1 N–H and O–H groups in total. The fraction of sp³-hybridized carbons (Fsp3) is 0.294. The highest BCUT2D eigenvalue weighted by atomic mass is 32.1. The molecule has 0 bridgehead atoms. The number of amides is 1. The van der Waals surface area contributed by atoms with E-state index < -0.39 is 0 Å². The predicted molar refractivity (Wildman–Crippen MR) is 92.8 cm³/mol. The molecule has 6 nitrogen and oxygen atoms in total. The highest BCUT2D eigenvalue weighted by Crippen LogP contribution is 2.30. The second-order valence-corrected chi connectivity index (χ2v) is 7.06. The van der Waals surface area contributed by atoms with E-state index in [4.69, 9.17) is 0 Å². The molecule has 0 radical (unpaired) electrons. The number of hydrogen-bond donors (Lipinski definition) is 1. The van der Waals surface area contributed by atoms with Gasteiger partial charge in [-0.3, -0.25) is 4.79 Å². The number of nitrogens with zero attached hydrogens (tertiary/aromatic N) is 4. The van der Waals surface area contributed by atoms with Gasteiger partial charge in [-0.25, -0.2) is 4.68 Å². The topological polar surface area (TPSA) is 72.7 Å². The number of rotatable bonds is 3. The zero-order valence-electron chi connectivity index (χ0n) is 13.3. The summed E-state index contributed by atoms with van der Waals surface area (Å²) in [5.41, 5.74) is 3.90. The van der Waals surface area contributed by atoms with Crippen LogP contribution >= 0.6 is 11.3 Å². The van der Waals surface area contributed by atoms with Gasteiger partial charge < -0.3 is 5.32 Å². The maximum absolute atomic E-state index is 12.6. The number of benzene rings is 1. The van der Waals surface area contributed by atoms with E-state index in [2.05, 4.69) is 26.9 Å². The average molecular weight is 339 g/mol. The number of nitrogens with one attached hydrogen (secondary N) is 1. The maximum atomic E-state index is 12.6. The van der Waals surface area contributed by atoms with Crippen molar-refractivity contribution in [2.75, 3.05) is 5.32 Å². The molecule has 0 fully saturated rings. The van der Waals surface area contributed by atoms with Gasteiger partial charge in [0.15, 0.2) is 0 Å². The van der Waals surface area contributed by atoms with Gasteiger partial charge in [-0.2, -0.15) is 0 Å². The third kappa shape index (κ3) is 2.71. The molecule has 4 rings (SSSR count). The summed E-state index contributed by atoms with van der Waals surface area (Å²) in [6, 6.07) is 7.76. The van der Waals surface area contributed by atoms with Gasteiger partial charge in [0.2, 0.25) is 0 Å². The summed E-state index contributed by atoms with van der Waals surface area (Å²) in [5, 5.41) is 14.3. The van der Waals surface area contributed by atoms with Crippen LogP contribution in [0.1, 0.15) is 38.5 Å². The molecule has 0 saturated carbocycles. The zero-order valence-corrected chi connectivity index (χ0v) is 14.1. The Morgan fingerprint density at radius 3 is 2.96 bits per heavy atom. The van der Waals surface area contributed by atoms with E-state index in [1.165, 1.54) is 23.3 Å². The molecule has 2 heterocycles. The number of thiophene rings is 1. The molecule has 1 amide bonds. The van der Waals surface area contributed by atoms with Crippen LogP contribution in [0.15, 0.2) is 30.6 Å². The van der Waals surface area contributed by atoms with Gasteiger partial charge in [0.05, 0.1) is 10.6 Å². The number of hydrogen-bond acceptors (Lipinski definition) is 5. The molecule has 1 aliphatic rings. The van der Waals surface area contributed by atoms with Crippen molar-refractivity contribution in [3.8, 4) is 5.69 Å². The summed E-state index contributed by atoms with van der Waals surface area (Å²) in [4.78, 5) is 14.8. The summed E-state index contributed by atoms with van der Waals surface area (Å²) in [6.45, 7) is 1.95. The van der Waals surface area contributed by atoms with E-state index in [1.807, 2.05) is 25.1 Å². The lowest BCUT2D eigenvalue weighted by molar-refractivity contribution is 0.103. The van der Waals surface area contributed by atoms with Crippen molar-refractivity contribution in [2.45, 2.75) is 32.6 Å². The first-order valence-electron chi connectivity index (χ1n) is 7.98. The lowest BCUT2D eigenvalue weighted by Gasteiger charge is -2.11. The molecular weight excluding hydrogens is 322 g/mol. The zero-order chi connectivity index (χ0) is 16.5. The summed E-state index contributed by atoms with van der Waals surface area (Å²) in [5.74, 6) is -0.0497. The van der Waals surface area contributed by atoms with E-state index in [0.717, 1.165) is 34.7 Å². The van der Waals surface area contributed by atoms with E-state index in [9.17, 15) is 4.79 Å². The van der Waals surface area contributed by atoms with Gasteiger partial charge in [-0.15, -0.1) is 16.4 Å². The fourth-order valence-corrected chi connectivity index (χ4v) is 4.21. The summed E-state index contributed by atoms with van der Waals surface area (Å²) in [6.07, 6.45) is 6.18. The second kappa shape index (κ2) is 6.16. The Hall–Kier alpha value is -2.54. The Labute approximate surface area is 143 Å². The van der Waals surface area contributed by atoms with Crippen LogP contribution in [0.25, 0.3) is 5.69 Å². The SMILES string of the molecule is Cc1c(NC(=O)c2cc3c(s2)CCCC3)cccc1-n1cnnn1. The average Bonchev–Trinajstić information content (AvgIpc) is 3.26. The quantitative estimate of drug-likeness (QED) is 0.795. The van der Waals surface area contributed by atoms with E-state index in [0.29, 0.717) is 0 Å². The normalized spacial score (nSPS) is 13.5. The van der Waals surface area contributed by atoms with Crippen molar-refractivity contribution in [3.05, 3.63) is 51.5 Å². The van der Waals surface area contributed by atoms with Crippen molar-refractivity contribution < 1.29 is 4.79 Å². The second-order valence-electron chi connectivity index (χ2n) is 5.92. The van der Waals surface area contributed by atoms with Gasteiger partial charge in [0.25, 0.3) is 5.91 Å². The molecule has 0 saturated heterocycles. The molecule has 2 aromatic heterocycles. The van der Waals surface area contributed by atoms with Crippen LogP contribution in [0, 0.1) is 6.92 Å². The Morgan fingerprint density at radius 1 is 1.29 bits per heavy atom. The lowest BCUT2D eigenvalue weighted by atomic mass is 9.99. The molecule has 0 aliphatic heterocycles. The van der Waals surface area contributed by atoms with Crippen LogP contribution in [0.4, 0.5) is 5.69 Å². The minimum atomic E-state index is -0.0497. The van der Waals surface area contributed by atoms with Crippen molar-refractivity contribution in [2.24, 2.45) is 0 Å². The number of aromatic nitrogens is 4. The van der Waals surface area contributed by atoms with Crippen molar-refractivity contribution in [3.63, 3.8) is 0 Å². The molecule has 0 atom stereocenters. The van der Waals surface area contributed by atoms with E-state index in [-0.39, 0.29) is 5.91 Å². The maximum Gasteiger partial charge on any atom is 0.265 e. The number of carbonyl (C=O) groups excluding carboxylic acids is 1. The first-order valence-corrected chi connectivity index (χ1v) is 8.80. The summed E-state index contributed by atoms with van der Waals surface area (Å²) in [7, 11) is 0. The highest BCUT2D eigenvalue weighted by molar-refractivity contribution is 7.14. The van der Waals surface area contributed by atoms with Gasteiger partial charge in [-0.1, -0.05) is 6.07 Å². The van der Waals surface area contributed by atoms with Crippen LogP contribution < -0.4 is 5.32 Å². The predicted octanol–water partition coefficient (Wildman–Crippen LogP) is 3.16. The molecule has 1 aliphatic carbocycles. The van der Waals surface area contributed by atoms with Crippen LogP contribution in [0.3, 0.4) is 0 Å². The van der Waals surface area contributed by atoms with Gasteiger partial charge in [0.1, 0.15) is 6.33 Å². The molecule has 0 spiro atoms. The van der Waals surface area contributed by atoms with Crippen LogP contribution in [-0.2, 0) is 12.8 Å². The van der Waals surface area contributed by atoms with E-state index in [1.54, 1.807) is 22.3 Å². The molecule has 122 valence electrons. The minimum Gasteiger partial charge on any atom is -0.321 e. The standard InChI is InChI=1S/C17H17N5OS/c1-11-13(6-4-7-14(11)22-10-18-20-21-22)19-17(23)16-9-12-5-2-3-8-15(12)24-16/h4,6-7,9-10H,2-3,5,8H2,1H3,(H,19,23). The first kappa shape index (κ1) is 15.0. The monoisotopic (exact) mass is 339 g/mol. The van der Waals surface area contributed by atoms with Crippen LogP contribution in [-0.4, -0.2) is 26.1 Å². The highest BCUT2D eigenvalue weighted by Gasteiger charge is 2.18. The number of aryl methyl sites for hydroxylation is 2. The molecule has 1 aromatic carbocycles. The molecule has 3 aromatic rings. The van der Waals surface area contributed by atoms with Crippen LogP contribution in [0.2, 0.25) is 0 Å². The number of tetrazole rings is 1. The van der Waals surface area contributed by atoms with Crippen molar-refractivity contribution in [1.82, 2.24) is 20.2 Å². The Morgan fingerprint density at radius 2 is 2.17 bits per heavy atom. The molecule has 24 heavy (non-hydrogen) atoms. The molecule has 7 heteroatoms. The summed E-state index contributed by atoms with van der Waals surface area (Å²) < 4.78 is 1.59. The number of anilines is 1. The van der Waals surface area contributed by atoms with Gasteiger partial charge in [-0.05, 0) is 72.4 Å². The minimum absolute atomic E-state index is 0.0497. The third-order valence-corrected chi connectivity index (χ3v) is 5.61. The Kier molecular flexibility index (Phi) is 3.86. The van der Waals surface area contributed by atoms with Crippen LogP contribution in [0.5, 0.6) is 0 Å². The summed E-state index contributed by atoms with van der Waals surface area (Å²) >= 11 is 1.62. The van der Waals surface area contributed by atoms with E-state index >= 15 is 0 Å².